The minimum Gasteiger partial charge on any atom is -0.507 e. The van der Waals surface area contributed by atoms with Gasteiger partial charge in [0.2, 0.25) is 5.91 Å². The third-order valence-electron chi connectivity index (χ3n) is 2.41. The Morgan fingerprint density at radius 2 is 2.11 bits per heavy atom. The molecule has 0 fully saturated rings. The van der Waals surface area contributed by atoms with E-state index in [9.17, 15) is 14.7 Å². The van der Waals surface area contributed by atoms with E-state index in [-0.39, 0.29) is 17.2 Å². The van der Waals surface area contributed by atoms with E-state index in [0.717, 1.165) is 0 Å². The Kier molecular flexibility index (Phi) is 5.81. The lowest BCUT2D eigenvalue weighted by atomic mass is 10.2. The van der Waals surface area contributed by atoms with Crippen molar-refractivity contribution in [2.75, 3.05) is 18.5 Å². The molecule has 0 aromatic heterocycles. The Morgan fingerprint density at radius 1 is 1.37 bits per heavy atom. The molecule has 0 aliphatic carbocycles. The van der Waals surface area contributed by atoms with Crippen LogP contribution in [0.15, 0.2) is 18.2 Å². The van der Waals surface area contributed by atoms with Crippen LogP contribution in [-0.4, -0.2) is 35.3 Å². The molecular weight excluding hydrogens is 250 g/mol. The van der Waals surface area contributed by atoms with E-state index in [4.69, 9.17) is 9.84 Å². The number of carboxylic acids is 1. The second kappa shape index (κ2) is 7.38. The van der Waals surface area contributed by atoms with Gasteiger partial charge >= 0.3 is 5.97 Å². The number of hydrogen-bond donors (Lipinski definition) is 3. The zero-order valence-corrected chi connectivity index (χ0v) is 10.7. The summed E-state index contributed by atoms with van der Waals surface area (Å²) in [6.45, 7) is 3.02. The molecular formula is C13H17NO5. The van der Waals surface area contributed by atoms with E-state index >= 15 is 0 Å². The summed E-state index contributed by atoms with van der Waals surface area (Å²) in [5.74, 6) is -1.80. The Balaban J connectivity index is 2.51. The van der Waals surface area contributed by atoms with Crippen LogP contribution in [0.1, 0.15) is 30.1 Å². The average Bonchev–Trinajstić information content (AvgIpc) is 2.34. The van der Waals surface area contributed by atoms with Gasteiger partial charge in [0.15, 0.2) is 0 Å². The van der Waals surface area contributed by atoms with Crippen molar-refractivity contribution in [1.82, 2.24) is 0 Å². The quantitative estimate of drug-likeness (QED) is 0.655. The summed E-state index contributed by atoms with van der Waals surface area (Å²) in [6, 6.07) is 3.89. The van der Waals surface area contributed by atoms with Crippen LogP contribution in [0.4, 0.5) is 5.69 Å². The molecule has 1 amide bonds. The molecule has 0 aliphatic rings. The maximum Gasteiger partial charge on any atom is 0.339 e. The number of ether oxygens (including phenoxy) is 1. The number of amides is 1. The van der Waals surface area contributed by atoms with Gasteiger partial charge in [-0.05, 0) is 25.5 Å². The van der Waals surface area contributed by atoms with E-state index in [2.05, 4.69) is 5.32 Å². The molecule has 1 aromatic carbocycles. The van der Waals surface area contributed by atoms with Crippen molar-refractivity contribution < 1.29 is 24.5 Å². The van der Waals surface area contributed by atoms with Gasteiger partial charge in [0, 0.05) is 31.4 Å². The van der Waals surface area contributed by atoms with Gasteiger partial charge in [0.25, 0.3) is 0 Å². The molecule has 1 aromatic rings. The highest BCUT2D eigenvalue weighted by atomic mass is 16.5. The minimum absolute atomic E-state index is 0.200. The van der Waals surface area contributed by atoms with Gasteiger partial charge in [0.1, 0.15) is 11.3 Å². The maximum absolute atomic E-state index is 11.5. The monoisotopic (exact) mass is 267 g/mol. The lowest BCUT2D eigenvalue weighted by Gasteiger charge is -2.07. The fraction of sp³-hybridized carbons (Fsp3) is 0.385. The molecule has 0 unspecified atom stereocenters. The average molecular weight is 267 g/mol. The van der Waals surface area contributed by atoms with E-state index in [1.165, 1.54) is 18.2 Å². The second-order valence-electron chi connectivity index (χ2n) is 3.89. The van der Waals surface area contributed by atoms with Crippen molar-refractivity contribution in [2.24, 2.45) is 0 Å². The zero-order valence-electron chi connectivity index (χ0n) is 10.7. The summed E-state index contributed by atoms with van der Waals surface area (Å²) in [7, 11) is 0. The molecule has 3 N–H and O–H groups in total. The highest BCUT2D eigenvalue weighted by molar-refractivity contribution is 5.94. The van der Waals surface area contributed by atoms with Crippen molar-refractivity contribution in [3.63, 3.8) is 0 Å². The number of carbonyl (C=O) groups is 2. The van der Waals surface area contributed by atoms with Gasteiger partial charge < -0.3 is 20.3 Å². The standard InChI is InChI=1S/C13H17NO5/c1-2-19-7-3-4-12(16)14-9-5-6-10(13(17)18)11(15)8-9/h5-6,8,15H,2-4,7H2,1H3,(H,14,16)(H,17,18). The van der Waals surface area contributed by atoms with Crippen LogP contribution in [0, 0.1) is 0 Å². The summed E-state index contributed by atoms with van der Waals surface area (Å²) in [5.41, 5.74) is 0.165. The lowest BCUT2D eigenvalue weighted by molar-refractivity contribution is -0.116. The number of carbonyl (C=O) groups excluding carboxylic acids is 1. The molecule has 6 heteroatoms. The van der Waals surface area contributed by atoms with Gasteiger partial charge in [-0.3, -0.25) is 4.79 Å². The van der Waals surface area contributed by atoms with Crippen molar-refractivity contribution in [3.8, 4) is 5.75 Å². The van der Waals surface area contributed by atoms with Crippen LogP contribution >= 0.6 is 0 Å². The molecule has 0 spiro atoms. The van der Waals surface area contributed by atoms with Crippen LogP contribution in [0.25, 0.3) is 0 Å². The van der Waals surface area contributed by atoms with Crippen molar-refractivity contribution in [2.45, 2.75) is 19.8 Å². The highest BCUT2D eigenvalue weighted by Crippen LogP contribution is 2.22. The van der Waals surface area contributed by atoms with Crippen LogP contribution in [0.5, 0.6) is 5.75 Å². The number of aromatic hydroxyl groups is 1. The Morgan fingerprint density at radius 3 is 2.68 bits per heavy atom. The normalized spacial score (nSPS) is 10.2. The van der Waals surface area contributed by atoms with E-state index in [1.807, 2.05) is 6.92 Å². The third-order valence-corrected chi connectivity index (χ3v) is 2.41. The number of benzene rings is 1. The predicted molar refractivity (Wildman–Crippen MR) is 69.4 cm³/mol. The minimum atomic E-state index is -1.22. The summed E-state index contributed by atoms with van der Waals surface area (Å²) in [5, 5.41) is 20.8. The fourth-order valence-electron chi connectivity index (χ4n) is 1.49. The first kappa shape index (κ1) is 15.0. The summed E-state index contributed by atoms with van der Waals surface area (Å²) >= 11 is 0. The van der Waals surface area contributed by atoms with E-state index in [0.29, 0.717) is 31.7 Å². The number of carboxylic acid groups (broad SMARTS) is 1. The smallest absolute Gasteiger partial charge is 0.339 e. The van der Waals surface area contributed by atoms with Gasteiger partial charge in [-0.15, -0.1) is 0 Å². The molecule has 0 saturated heterocycles. The van der Waals surface area contributed by atoms with Gasteiger partial charge in [0.05, 0.1) is 0 Å². The van der Waals surface area contributed by atoms with Crippen molar-refractivity contribution >= 4 is 17.6 Å². The molecule has 0 saturated carbocycles. The first-order chi connectivity index (χ1) is 9.04. The number of hydrogen-bond acceptors (Lipinski definition) is 4. The van der Waals surface area contributed by atoms with Crippen LogP contribution in [-0.2, 0) is 9.53 Å². The molecule has 1 rings (SSSR count). The number of nitrogens with one attached hydrogen (secondary N) is 1. The largest absolute Gasteiger partial charge is 0.507 e. The molecule has 0 atom stereocenters. The first-order valence-electron chi connectivity index (χ1n) is 5.98. The zero-order chi connectivity index (χ0) is 14.3. The maximum atomic E-state index is 11.5. The fourth-order valence-corrected chi connectivity index (χ4v) is 1.49. The van der Waals surface area contributed by atoms with Crippen LogP contribution in [0.3, 0.4) is 0 Å². The van der Waals surface area contributed by atoms with Gasteiger partial charge in [-0.1, -0.05) is 0 Å². The summed E-state index contributed by atoms with van der Waals surface area (Å²) in [4.78, 5) is 22.2. The Hall–Kier alpha value is -2.08. The van der Waals surface area contributed by atoms with Gasteiger partial charge in [-0.25, -0.2) is 4.79 Å². The third kappa shape index (κ3) is 4.97. The van der Waals surface area contributed by atoms with Gasteiger partial charge in [-0.2, -0.15) is 0 Å². The Labute approximate surface area is 111 Å². The molecule has 0 heterocycles. The molecule has 0 radical (unpaired) electrons. The SMILES string of the molecule is CCOCCCC(=O)Nc1ccc(C(=O)O)c(O)c1. The molecule has 19 heavy (non-hydrogen) atoms. The number of anilines is 1. The second-order valence-corrected chi connectivity index (χ2v) is 3.89. The number of aromatic carboxylic acids is 1. The molecule has 0 aliphatic heterocycles. The first-order valence-corrected chi connectivity index (χ1v) is 5.98. The van der Waals surface area contributed by atoms with Crippen LogP contribution in [0.2, 0.25) is 0 Å². The van der Waals surface area contributed by atoms with Crippen molar-refractivity contribution in [1.29, 1.82) is 0 Å². The number of rotatable bonds is 7. The lowest BCUT2D eigenvalue weighted by Crippen LogP contribution is -2.12. The van der Waals surface area contributed by atoms with Crippen LogP contribution < -0.4 is 5.32 Å². The van der Waals surface area contributed by atoms with E-state index < -0.39 is 5.97 Å². The highest BCUT2D eigenvalue weighted by Gasteiger charge is 2.10. The number of phenols is 1. The predicted octanol–water partition coefficient (Wildman–Crippen LogP) is 1.85. The topological polar surface area (TPSA) is 95.9 Å². The summed E-state index contributed by atoms with van der Waals surface area (Å²) < 4.78 is 5.11. The van der Waals surface area contributed by atoms with Crippen molar-refractivity contribution in [3.05, 3.63) is 23.8 Å². The van der Waals surface area contributed by atoms with E-state index in [1.54, 1.807) is 0 Å². The summed E-state index contributed by atoms with van der Waals surface area (Å²) in [6.07, 6.45) is 0.917. The molecule has 6 nitrogen and oxygen atoms in total. The Bertz CT molecular complexity index is 458. The molecule has 104 valence electrons. The molecule has 0 bridgehead atoms.